The molecule has 2 aromatic carbocycles. The Morgan fingerprint density at radius 2 is 1.87 bits per heavy atom. The molecule has 4 rings (SSSR count). The third-order valence-electron chi connectivity index (χ3n) is 5.47. The van der Waals surface area contributed by atoms with Crippen LogP contribution in [0.1, 0.15) is 5.56 Å². The van der Waals surface area contributed by atoms with Gasteiger partial charge in [0.15, 0.2) is 5.82 Å². The van der Waals surface area contributed by atoms with Crippen molar-refractivity contribution in [1.82, 2.24) is 14.7 Å². The predicted octanol–water partition coefficient (Wildman–Crippen LogP) is 3.53. The monoisotopic (exact) mass is 430 g/mol. The summed E-state index contributed by atoms with van der Waals surface area (Å²) in [6.45, 7) is 2.18. The van der Waals surface area contributed by atoms with Crippen molar-refractivity contribution in [2.24, 2.45) is 0 Å². The van der Waals surface area contributed by atoms with Gasteiger partial charge in [0, 0.05) is 31.7 Å². The van der Waals surface area contributed by atoms with E-state index < -0.39 is 17.2 Å². The van der Waals surface area contributed by atoms with Crippen molar-refractivity contribution in [3.63, 3.8) is 0 Å². The molecule has 0 amide bonds. The Kier molecular flexibility index (Phi) is 5.83. The average Bonchev–Trinajstić information content (AvgIpc) is 2.73. The van der Waals surface area contributed by atoms with Gasteiger partial charge in [-0.15, -0.1) is 0 Å². The zero-order valence-corrected chi connectivity index (χ0v) is 17.2. The Morgan fingerprint density at radius 3 is 2.60 bits per heavy atom. The summed E-state index contributed by atoms with van der Waals surface area (Å²) in [6, 6.07) is 13.4. The van der Waals surface area contributed by atoms with Crippen molar-refractivity contribution in [2.45, 2.75) is 12.5 Å². The summed E-state index contributed by atoms with van der Waals surface area (Å²) in [7, 11) is 2.08. The number of halogens is 3. The van der Waals surface area contributed by atoms with Crippen LogP contribution in [0.3, 0.4) is 0 Å². The second-order valence-electron chi connectivity index (χ2n) is 7.43. The van der Waals surface area contributed by atoms with Gasteiger partial charge in [-0.05, 0) is 31.2 Å². The van der Waals surface area contributed by atoms with E-state index in [1.165, 1.54) is 17.8 Å². The highest BCUT2D eigenvalue weighted by Gasteiger charge is 2.27. The summed E-state index contributed by atoms with van der Waals surface area (Å²) in [5.74, 6) is -1.61. The van der Waals surface area contributed by atoms with Crippen LogP contribution in [-0.4, -0.2) is 47.4 Å². The lowest BCUT2D eigenvalue weighted by Gasteiger charge is -2.40. The average molecular weight is 431 g/mol. The molecular formula is C22H21ClF2N4O. The van der Waals surface area contributed by atoms with Gasteiger partial charge in [0.2, 0.25) is 0 Å². The largest absolute Gasteiger partial charge is 0.366 e. The van der Waals surface area contributed by atoms with Gasteiger partial charge in [-0.2, -0.15) is 9.78 Å². The number of nitrogens with zero attached hydrogens (tertiary/aromatic N) is 4. The molecule has 1 fully saturated rings. The maximum absolute atomic E-state index is 14.1. The van der Waals surface area contributed by atoms with Crippen molar-refractivity contribution >= 4 is 17.3 Å². The Balaban J connectivity index is 1.61. The highest BCUT2D eigenvalue weighted by molar-refractivity contribution is 6.33. The Morgan fingerprint density at radius 1 is 1.10 bits per heavy atom. The van der Waals surface area contributed by atoms with Gasteiger partial charge in [-0.3, -0.25) is 9.69 Å². The van der Waals surface area contributed by atoms with E-state index in [0.29, 0.717) is 24.8 Å². The molecule has 0 radical (unpaired) electrons. The lowest BCUT2D eigenvalue weighted by atomic mass is 10.0. The van der Waals surface area contributed by atoms with E-state index in [4.69, 9.17) is 11.6 Å². The van der Waals surface area contributed by atoms with E-state index in [1.807, 2.05) is 23.1 Å². The zero-order valence-electron chi connectivity index (χ0n) is 16.4. The van der Waals surface area contributed by atoms with Crippen LogP contribution in [0.15, 0.2) is 59.5 Å². The van der Waals surface area contributed by atoms with E-state index in [2.05, 4.69) is 29.2 Å². The molecule has 8 heteroatoms. The van der Waals surface area contributed by atoms with Gasteiger partial charge in [0.05, 0.1) is 11.9 Å². The first kappa shape index (κ1) is 20.5. The fourth-order valence-electron chi connectivity index (χ4n) is 3.74. The molecule has 3 aromatic rings. The van der Waals surface area contributed by atoms with Crippen LogP contribution in [-0.2, 0) is 6.42 Å². The number of benzene rings is 2. The van der Waals surface area contributed by atoms with Gasteiger partial charge in [0.25, 0.3) is 5.56 Å². The topological polar surface area (TPSA) is 41.4 Å². The second-order valence-corrected chi connectivity index (χ2v) is 7.80. The van der Waals surface area contributed by atoms with Gasteiger partial charge in [-0.25, -0.2) is 8.78 Å². The second kappa shape index (κ2) is 8.53. The van der Waals surface area contributed by atoms with Crippen LogP contribution in [0.5, 0.6) is 0 Å². The molecule has 2 heterocycles. The van der Waals surface area contributed by atoms with E-state index in [-0.39, 0.29) is 16.8 Å². The SMILES string of the molecule is CN1CCN(c2cnn(-c3ccc(F)cc3F)c(=O)c2Cl)CC1Cc1ccccc1. The first-order valence-electron chi connectivity index (χ1n) is 9.66. The number of hydrogen-bond donors (Lipinski definition) is 0. The predicted molar refractivity (Wildman–Crippen MR) is 114 cm³/mol. The molecule has 0 spiro atoms. The molecule has 1 unspecified atom stereocenters. The summed E-state index contributed by atoms with van der Waals surface area (Å²) in [5.41, 5.74) is 0.975. The molecule has 0 saturated carbocycles. The minimum absolute atomic E-state index is 0.0308. The van der Waals surface area contributed by atoms with Crippen molar-refractivity contribution in [3.8, 4) is 5.69 Å². The normalized spacial score (nSPS) is 17.3. The number of likely N-dealkylation sites (N-methyl/N-ethyl adjacent to an activating group) is 1. The van der Waals surface area contributed by atoms with Crippen molar-refractivity contribution in [3.05, 3.63) is 87.3 Å². The summed E-state index contributed by atoms with van der Waals surface area (Å²) in [5, 5.41) is 4.07. The maximum Gasteiger partial charge on any atom is 0.292 e. The third kappa shape index (κ3) is 4.08. The van der Waals surface area contributed by atoms with Crippen molar-refractivity contribution < 1.29 is 8.78 Å². The summed E-state index contributed by atoms with van der Waals surface area (Å²) >= 11 is 6.38. The summed E-state index contributed by atoms with van der Waals surface area (Å²) < 4.78 is 28.2. The molecular weight excluding hydrogens is 410 g/mol. The number of hydrogen-bond acceptors (Lipinski definition) is 4. The molecule has 0 bridgehead atoms. The number of anilines is 1. The van der Waals surface area contributed by atoms with Crippen molar-refractivity contribution in [2.75, 3.05) is 31.6 Å². The first-order valence-corrected chi connectivity index (χ1v) is 10.0. The van der Waals surface area contributed by atoms with E-state index >= 15 is 0 Å². The molecule has 1 saturated heterocycles. The molecule has 1 aliphatic rings. The lowest BCUT2D eigenvalue weighted by Crippen LogP contribution is -2.52. The van der Waals surface area contributed by atoms with E-state index in [9.17, 15) is 13.6 Å². The molecule has 1 aromatic heterocycles. The van der Waals surface area contributed by atoms with Crippen LogP contribution in [0.4, 0.5) is 14.5 Å². The first-order chi connectivity index (χ1) is 14.4. The van der Waals surface area contributed by atoms with Crippen LogP contribution in [0.25, 0.3) is 5.69 Å². The van der Waals surface area contributed by atoms with Gasteiger partial charge in [-0.1, -0.05) is 41.9 Å². The summed E-state index contributed by atoms with van der Waals surface area (Å²) in [6.07, 6.45) is 2.34. The van der Waals surface area contributed by atoms with Crippen LogP contribution in [0.2, 0.25) is 5.02 Å². The van der Waals surface area contributed by atoms with E-state index in [0.717, 1.165) is 23.7 Å². The van der Waals surface area contributed by atoms with Crippen LogP contribution >= 0.6 is 11.6 Å². The molecule has 0 N–H and O–H groups in total. The smallest absolute Gasteiger partial charge is 0.292 e. The number of rotatable bonds is 4. The number of piperazine rings is 1. The molecule has 0 aliphatic carbocycles. The zero-order chi connectivity index (χ0) is 21.3. The summed E-state index contributed by atoms with van der Waals surface area (Å²) in [4.78, 5) is 17.1. The minimum Gasteiger partial charge on any atom is -0.366 e. The minimum atomic E-state index is -0.879. The third-order valence-corrected chi connectivity index (χ3v) is 5.83. The quantitative estimate of drug-likeness (QED) is 0.635. The molecule has 5 nitrogen and oxygen atoms in total. The van der Waals surface area contributed by atoms with Crippen LogP contribution in [0, 0.1) is 11.6 Å². The van der Waals surface area contributed by atoms with Crippen LogP contribution < -0.4 is 10.5 Å². The Bertz CT molecular complexity index is 1110. The molecule has 1 atom stereocenters. The van der Waals surface area contributed by atoms with Crippen molar-refractivity contribution in [1.29, 1.82) is 0 Å². The highest BCUT2D eigenvalue weighted by Crippen LogP contribution is 2.25. The van der Waals surface area contributed by atoms with Gasteiger partial charge in [0.1, 0.15) is 16.5 Å². The molecule has 30 heavy (non-hydrogen) atoms. The fourth-order valence-corrected chi connectivity index (χ4v) is 3.99. The fraction of sp³-hybridized carbons (Fsp3) is 0.273. The molecule has 156 valence electrons. The number of aromatic nitrogens is 2. The van der Waals surface area contributed by atoms with Gasteiger partial charge >= 0.3 is 0 Å². The lowest BCUT2D eigenvalue weighted by molar-refractivity contribution is 0.217. The maximum atomic E-state index is 14.1. The van der Waals surface area contributed by atoms with Gasteiger partial charge < -0.3 is 4.90 Å². The Labute approximate surface area is 178 Å². The Hall–Kier alpha value is -2.77. The standard InChI is InChI=1S/C22H21ClF2N4O/c1-27-9-10-28(14-17(27)11-15-5-3-2-4-6-15)20-13-26-29(22(30)21(20)23)19-8-7-16(24)12-18(19)25/h2-8,12-13,17H,9-11,14H2,1H3. The molecule has 1 aliphatic heterocycles. The van der Waals surface area contributed by atoms with E-state index in [1.54, 1.807) is 0 Å². The highest BCUT2D eigenvalue weighted by atomic mass is 35.5.